The van der Waals surface area contributed by atoms with E-state index in [9.17, 15) is 38.7 Å². The maximum atomic E-state index is 12.5. The zero-order valence-corrected chi connectivity index (χ0v) is 31.7. The smallest absolute Gasteiger partial charge is 0.756 e. The number of carbonyl (C=O) groups is 1. The Bertz CT molecular complexity index is 1130. The number of carbonyl (C=O) groups excluding carboxylic acids is 1. The first-order valence-corrected chi connectivity index (χ1v) is 17.4. The fraction of sp³-hybridized carbons (Fsp3) is 0.800. The van der Waals surface area contributed by atoms with Gasteiger partial charge in [-0.1, -0.05) is 84.0 Å². The number of hydrogen-bond acceptors (Lipinski definition) is 12. The van der Waals surface area contributed by atoms with Crippen molar-refractivity contribution in [1.29, 1.82) is 0 Å². The van der Waals surface area contributed by atoms with Crippen molar-refractivity contribution in [3.8, 4) is 0 Å². The molecule has 2 heterocycles. The third-order valence-electron chi connectivity index (χ3n) is 6.82. The Morgan fingerprint density at radius 2 is 1.50 bits per heavy atom. The summed E-state index contributed by atoms with van der Waals surface area (Å²) in [7, 11) is -11.2. The molecule has 1 aliphatic rings. The molecule has 44 heavy (non-hydrogen) atoms. The Morgan fingerprint density at radius 3 is 2.00 bits per heavy atom. The molecule has 0 aliphatic carbocycles. The van der Waals surface area contributed by atoms with Gasteiger partial charge in [0.1, 0.15) is 24.1 Å². The van der Waals surface area contributed by atoms with Crippen LogP contribution in [0.4, 0.5) is 5.82 Å². The molecule has 19 heteroatoms. The first-order valence-electron chi connectivity index (χ1n) is 14.4. The minimum atomic E-state index is -5.66. The summed E-state index contributed by atoms with van der Waals surface area (Å²) >= 11 is 0. The molecule has 0 saturated carbocycles. The fourth-order valence-corrected chi connectivity index (χ4v) is 6.13. The van der Waals surface area contributed by atoms with Crippen molar-refractivity contribution in [2.75, 3.05) is 11.9 Å². The molecular weight excluding hydrogens is 642 g/mol. The van der Waals surface area contributed by atoms with Crippen LogP contribution in [0.2, 0.25) is 0 Å². The number of nitrogens with zero attached hydrogens (tertiary/aromatic N) is 2. The number of aliphatic hydroxyl groups excluding tert-OH is 2. The van der Waals surface area contributed by atoms with Gasteiger partial charge >= 0.3 is 64.8 Å². The van der Waals surface area contributed by atoms with Crippen LogP contribution in [0.3, 0.4) is 0 Å². The molecule has 1 saturated heterocycles. The van der Waals surface area contributed by atoms with E-state index in [1.165, 1.54) is 70.1 Å². The van der Waals surface area contributed by atoms with E-state index < -0.39 is 52.5 Å². The number of phosphoric acid groups is 2. The van der Waals surface area contributed by atoms with Gasteiger partial charge in [0.2, 0.25) is 5.91 Å². The number of hydrogen-bond donors (Lipinski definition) is 4. The van der Waals surface area contributed by atoms with Crippen molar-refractivity contribution < 1.29 is 112 Å². The molecule has 0 aromatic carbocycles. The largest absolute Gasteiger partial charge is 1.00 e. The molecule has 1 fully saturated rings. The summed E-state index contributed by atoms with van der Waals surface area (Å²) < 4.78 is 35.9. The second-order valence-corrected chi connectivity index (χ2v) is 13.1. The predicted octanol–water partition coefficient (Wildman–Crippen LogP) is -3.75. The van der Waals surface area contributed by atoms with E-state index in [0.29, 0.717) is 6.42 Å². The minimum absolute atomic E-state index is 0. The molecule has 1 aromatic rings. The predicted molar refractivity (Wildman–Crippen MR) is 148 cm³/mol. The van der Waals surface area contributed by atoms with E-state index >= 15 is 0 Å². The number of phosphoric ester groups is 1. The zero-order chi connectivity index (χ0) is 31.2. The van der Waals surface area contributed by atoms with Crippen LogP contribution in [0.25, 0.3) is 0 Å². The van der Waals surface area contributed by atoms with Crippen molar-refractivity contribution in [1.82, 2.24) is 9.55 Å². The van der Waals surface area contributed by atoms with E-state index in [4.69, 9.17) is 9.63 Å². The molecule has 15 nitrogen and oxygen atoms in total. The molecule has 242 valence electrons. The van der Waals surface area contributed by atoms with Gasteiger partial charge in [0, 0.05) is 12.6 Å². The molecule has 1 aliphatic heterocycles. The zero-order valence-electron chi connectivity index (χ0n) is 25.9. The van der Waals surface area contributed by atoms with Gasteiger partial charge in [-0.15, -0.1) is 0 Å². The van der Waals surface area contributed by atoms with Crippen LogP contribution in [0.15, 0.2) is 17.1 Å². The van der Waals surface area contributed by atoms with Crippen LogP contribution in [-0.2, 0) is 27.5 Å². The van der Waals surface area contributed by atoms with Crippen LogP contribution >= 0.6 is 15.6 Å². The summed E-state index contributed by atoms with van der Waals surface area (Å²) in [4.78, 5) is 59.1. The summed E-state index contributed by atoms with van der Waals surface area (Å²) in [5, 5.41) is 23.0. The van der Waals surface area contributed by atoms with Crippen molar-refractivity contribution in [3.05, 3.63) is 22.7 Å². The molecule has 2 rings (SSSR count). The summed E-state index contributed by atoms with van der Waals surface area (Å²) in [6.45, 7) is 1.23. The van der Waals surface area contributed by atoms with Crippen molar-refractivity contribution in [3.63, 3.8) is 0 Å². The molecule has 4 N–H and O–H groups in total. The van der Waals surface area contributed by atoms with E-state index in [1.54, 1.807) is 0 Å². The van der Waals surface area contributed by atoms with Gasteiger partial charge < -0.3 is 39.5 Å². The van der Waals surface area contributed by atoms with E-state index in [-0.39, 0.29) is 77.3 Å². The topological polar surface area (TPSA) is 233 Å². The third-order valence-corrected chi connectivity index (χ3v) is 8.91. The molecule has 2 unspecified atom stereocenters. The Hall–Kier alpha value is 0.490. The maximum Gasteiger partial charge on any atom is 1.00 e. The molecule has 1 amide bonds. The summed E-state index contributed by atoms with van der Waals surface area (Å²) in [5.74, 6) is -0.318. The van der Waals surface area contributed by atoms with Gasteiger partial charge in [0.25, 0.3) is 15.6 Å². The Labute approximate surface area is 302 Å². The van der Waals surface area contributed by atoms with Crippen molar-refractivity contribution >= 4 is 27.4 Å². The van der Waals surface area contributed by atoms with Crippen molar-refractivity contribution in [2.24, 2.45) is 0 Å². The van der Waals surface area contributed by atoms with Crippen LogP contribution in [0.1, 0.15) is 103 Å². The van der Waals surface area contributed by atoms with E-state index in [0.717, 1.165) is 23.8 Å². The average Bonchev–Trinajstić information content (AvgIpc) is 3.17. The quantitative estimate of drug-likeness (QED) is 0.0554. The monoisotopic (exact) mass is 685 g/mol. The second-order valence-electron chi connectivity index (χ2n) is 10.4. The first kappa shape index (κ1) is 44.5. The summed E-state index contributed by atoms with van der Waals surface area (Å²) in [6, 6.07) is 1.29. The molecule has 1 aromatic heterocycles. The standard InChI is InChI=1S/C25H45N3O12P2.2Na/c1-2-3-4-5-6-7-8-9-10-11-12-13-14-15-21(29)26-20-16-17-28(25(32)27-20)24-23(31)22(30)19(39-24)18-38-42(36,37)40-41(33,34)35;;/h16-17,19,22-24,30-31H,2-15,18H2,1H3,(H,36,37)(H2,33,34,35)(H,26,27,29,32);;/q;2*+1/p-2/t19-,22-,23-,24-;;/m1../s1. The summed E-state index contributed by atoms with van der Waals surface area (Å²) in [5.41, 5.74) is -0.933. The number of rotatable bonds is 21. The third kappa shape index (κ3) is 17.6. The van der Waals surface area contributed by atoms with Gasteiger partial charge in [0.15, 0.2) is 6.23 Å². The SMILES string of the molecule is CCCCCCCCCCCCCCCC(=O)Nc1ccn([C@@H]2O[C@H](COP(=O)([O-])OP(=O)([O-])O)[C@@H](O)[C@H]2O)c(=O)n1.[Na+].[Na+]. The number of aromatic nitrogens is 2. The summed E-state index contributed by atoms with van der Waals surface area (Å²) in [6.07, 6.45) is 10.4. The Balaban J connectivity index is 0.00000924. The normalized spacial score (nSPS) is 22.3. The molecule has 0 bridgehead atoms. The second kappa shape index (κ2) is 23.0. The number of nitrogens with one attached hydrogen (secondary N) is 1. The van der Waals surface area contributed by atoms with Crippen LogP contribution in [-0.4, -0.2) is 55.5 Å². The fourth-order valence-electron chi connectivity index (χ4n) is 4.60. The Morgan fingerprint density at radius 1 is 0.977 bits per heavy atom. The van der Waals surface area contributed by atoms with Crippen molar-refractivity contribution in [2.45, 2.75) is 121 Å². The van der Waals surface area contributed by atoms with Gasteiger partial charge in [-0.05, 0) is 12.5 Å². The molecule has 0 radical (unpaired) electrons. The molecular formula is C25H43N3Na2O12P2. The first-order chi connectivity index (χ1) is 19.8. The van der Waals surface area contributed by atoms with Gasteiger partial charge in [-0.3, -0.25) is 18.5 Å². The number of amides is 1. The number of unbranched alkanes of at least 4 members (excludes halogenated alkanes) is 12. The number of ether oxygens (including phenoxy) is 1. The molecule has 0 spiro atoms. The van der Waals surface area contributed by atoms with Gasteiger partial charge in [-0.2, -0.15) is 4.98 Å². The van der Waals surface area contributed by atoms with E-state index in [1.807, 2.05) is 0 Å². The van der Waals surface area contributed by atoms with Crippen LogP contribution in [0.5, 0.6) is 0 Å². The number of aliphatic hydroxyl groups is 2. The minimum Gasteiger partial charge on any atom is -0.756 e. The van der Waals surface area contributed by atoms with Crippen LogP contribution in [0, 0.1) is 0 Å². The van der Waals surface area contributed by atoms with Gasteiger partial charge in [-0.25, -0.2) is 9.11 Å². The average molecular weight is 686 g/mol. The van der Waals surface area contributed by atoms with Crippen LogP contribution < -0.4 is 79.9 Å². The van der Waals surface area contributed by atoms with Gasteiger partial charge in [0.05, 0.1) is 6.61 Å². The van der Waals surface area contributed by atoms with E-state index in [2.05, 4.69) is 26.1 Å². The number of anilines is 1. The Kier molecular flexibility index (Phi) is 23.2. The maximum absolute atomic E-state index is 12.5. The molecule has 6 atom stereocenters.